The molecule has 0 radical (unpaired) electrons. The van der Waals surface area contributed by atoms with Crippen molar-refractivity contribution >= 4 is 37.4 Å². The molecule has 2 aromatic rings. The minimum atomic E-state index is 0.772. The molecule has 1 aromatic heterocycles. The van der Waals surface area contributed by atoms with E-state index in [-0.39, 0.29) is 0 Å². The van der Waals surface area contributed by atoms with E-state index in [1.807, 2.05) is 11.3 Å². The van der Waals surface area contributed by atoms with Gasteiger partial charge in [0.15, 0.2) is 0 Å². The van der Waals surface area contributed by atoms with Crippen LogP contribution in [0.5, 0.6) is 0 Å². The van der Waals surface area contributed by atoms with Gasteiger partial charge in [-0.25, -0.2) is 0 Å². The van der Waals surface area contributed by atoms with Gasteiger partial charge in [-0.2, -0.15) is 0 Å². The Hall–Kier alpha value is -0.380. The van der Waals surface area contributed by atoms with Gasteiger partial charge in [-0.15, -0.1) is 11.3 Å². The van der Waals surface area contributed by atoms with Gasteiger partial charge >= 0.3 is 0 Å². The summed E-state index contributed by atoms with van der Waals surface area (Å²) in [7, 11) is 0. The molecule has 1 fully saturated rings. The first-order chi connectivity index (χ1) is 7.83. The summed E-state index contributed by atoms with van der Waals surface area (Å²) in [5.74, 6) is 0. The molecule has 0 unspecified atom stereocenters. The molecule has 0 atom stereocenters. The van der Waals surface area contributed by atoms with Gasteiger partial charge in [0, 0.05) is 32.0 Å². The van der Waals surface area contributed by atoms with Crippen molar-refractivity contribution < 1.29 is 0 Å². The lowest BCUT2D eigenvalue weighted by Crippen LogP contribution is -2.34. The SMILES string of the molecule is Brc1cccc2sc(CNC3CCC3)cc12. The van der Waals surface area contributed by atoms with Gasteiger partial charge in [-0.1, -0.05) is 28.4 Å². The average Bonchev–Trinajstić information content (AvgIpc) is 2.60. The van der Waals surface area contributed by atoms with E-state index >= 15 is 0 Å². The van der Waals surface area contributed by atoms with E-state index in [9.17, 15) is 0 Å². The van der Waals surface area contributed by atoms with Gasteiger partial charge in [-0.3, -0.25) is 0 Å². The van der Waals surface area contributed by atoms with Crippen LogP contribution in [0.2, 0.25) is 0 Å². The Morgan fingerprint density at radius 2 is 2.25 bits per heavy atom. The number of hydrogen-bond donors (Lipinski definition) is 1. The van der Waals surface area contributed by atoms with Gasteiger partial charge in [0.1, 0.15) is 0 Å². The summed E-state index contributed by atoms with van der Waals surface area (Å²) < 4.78 is 2.58. The van der Waals surface area contributed by atoms with Crippen LogP contribution in [-0.2, 0) is 6.54 Å². The molecule has 1 saturated carbocycles. The van der Waals surface area contributed by atoms with Gasteiger partial charge in [0.2, 0.25) is 0 Å². The first-order valence-electron chi connectivity index (χ1n) is 5.73. The number of benzene rings is 1. The van der Waals surface area contributed by atoms with Crippen LogP contribution in [0.4, 0.5) is 0 Å². The standard InChI is InChI=1S/C13H14BrNS/c14-12-5-2-6-13-11(12)7-10(16-13)8-15-9-3-1-4-9/h2,5-7,9,15H,1,3-4,8H2. The third kappa shape index (κ3) is 2.04. The molecule has 3 rings (SSSR count). The van der Waals surface area contributed by atoms with E-state index in [0.717, 1.165) is 12.6 Å². The second-order valence-corrected chi connectivity index (χ2v) is 6.40. The monoisotopic (exact) mass is 295 g/mol. The Morgan fingerprint density at radius 1 is 1.38 bits per heavy atom. The lowest BCUT2D eigenvalue weighted by molar-refractivity contribution is 0.339. The number of fused-ring (bicyclic) bond motifs is 1. The van der Waals surface area contributed by atoms with E-state index in [4.69, 9.17) is 0 Å². The lowest BCUT2D eigenvalue weighted by Gasteiger charge is -2.26. The molecule has 0 aliphatic heterocycles. The molecular weight excluding hydrogens is 282 g/mol. The molecule has 0 saturated heterocycles. The Morgan fingerprint density at radius 3 is 2.94 bits per heavy atom. The predicted molar refractivity (Wildman–Crippen MR) is 74.0 cm³/mol. The van der Waals surface area contributed by atoms with Crippen molar-refractivity contribution in [3.05, 3.63) is 33.6 Å². The number of hydrogen-bond acceptors (Lipinski definition) is 2. The normalized spacial score (nSPS) is 16.6. The summed E-state index contributed by atoms with van der Waals surface area (Å²) in [6.07, 6.45) is 4.11. The minimum Gasteiger partial charge on any atom is -0.309 e. The summed E-state index contributed by atoms with van der Waals surface area (Å²) in [5.41, 5.74) is 0. The molecule has 0 amide bonds. The highest BCUT2D eigenvalue weighted by Crippen LogP contribution is 2.31. The van der Waals surface area contributed by atoms with Crippen LogP contribution in [0.3, 0.4) is 0 Å². The van der Waals surface area contributed by atoms with E-state index in [1.165, 1.54) is 38.7 Å². The maximum Gasteiger partial charge on any atom is 0.0357 e. The molecule has 1 aliphatic rings. The van der Waals surface area contributed by atoms with E-state index in [0.29, 0.717) is 0 Å². The maximum atomic E-state index is 3.61. The number of halogens is 1. The first-order valence-corrected chi connectivity index (χ1v) is 7.34. The molecule has 3 heteroatoms. The predicted octanol–water partition coefficient (Wildman–Crippen LogP) is 4.31. The number of rotatable bonds is 3. The van der Waals surface area contributed by atoms with Crippen molar-refractivity contribution in [2.24, 2.45) is 0 Å². The molecule has 1 aliphatic carbocycles. The van der Waals surface area contributed by atoms with Gasteiger partial charge in [0.05, 0.1) is 0 Å². The Bertz CT molecular complexity index is 502. The highest BCUT2D eigenvalue weighted by atomic mass is 79.9. The van der Waals surface area contributed by atoms with E-state index in [2.05, 4.69) is 45.5 Å². The Kier molecular flexibility index (Phi) is 3.01. The summed E-state index contributed by atoms with van der Waals surface area (Å²) in [6, 6.07) is 9.48. The highest BCUT2D eigenvalue weighted by molar-refractivity contribution is 9.10. The molecule has 84 valence electrons. The summed E-state index contributed by atoms with van der Waals surface area (Å²) in [4.78, 5) is 1.44. The van der Waals surface area contributed by atoms with Crippen LogP contribution in [0.15, 0.2) is 28.7 Å². The molecule has 1 N–H and O–H groups in total. The zero-order valence-electron chi connectivity index (χ0n) is 9.00. The van der Waals surface area contributed by atoms with Crippen molar-refractivity contribution in [2.75, 3.05) is 0 Å². The fourth-order valence-corrected chi connectivity index (χ4v) is 3.67. The van der Waals surface area contributed by atoms with Crippen LogP contribution >= 0.6 is 27.3 Å². The zero-order valence-corrected chi connectivity index (χ0v) is 11.4. The summed E-state index contributed by atoms with van der Waals surface area (Å²) in [5, 5.41) is 4.96. The second kappa shape index (κ2) is 4.47. The lowest BCUT2D eigenvalue weighted by atomic mass is 9.93. The van der Waals surface area contributed by atoms with E-state index in [1.54, 1.807) is 0 Å². The van der Waals surface area contributed by atoms with E-state index < -0.39 is 0 Å². The average molecular weight is 296 g/mol. The van der Waals surface area contributed by atoms with Gasteiger partial charge in [0.25, 0.3) is 0 Å². The number of nitrogens with one attached hydrogen (secondary N) is 1. The molecule has 1 aromatic carbocycles. The molecule has 1 nitrogen and oxygen atoms in total. The van der Waals surface area contributed by atoms with Crippen molar-refractivity contribution in [1.29, 1.82) is 0 Å². The van der Waals surface area contributed by atoms with Crippen LogP contribution in [0, 0.1) is 0 Å². The largest absolute Gasteiger partial charge is 0.309 e. The summed E-state index contributed by atoms with van der Waals surface area (Å²) in [6.45, 7) is 1.02. The second-order valence-electron chi connectivity index (χ2n) is 4.37. The first kappa shape index (κ1) is 10.8. The molecule has 16 heavy (non-hydrogen) atoms. The highest BCUT2D eigenvalue weighted by Gasteiger charge is 2.16. The van der Waals surface area contributed by atoms with Crippen molar-refractivity contribution in [1.82, 2.24) is 5.32 Å². The fourth-order valence-electron chi connectivity index (χ4n) is 2.02. The van der Waals surface area contributed by atoms with Crippen LogP contribution < -0.4 is 5.32 Å². The summed E-state index contributed by atoms with van der Waals surface area (Å²) >= 11 is 5.50. The van der Waals surface area contributed by atoms with Crippen LogP contribution in [-0.4, -0.2) is 6.04 Å². The third-order valence-electron chi connectivity index (χ3n) is 3.23. The van der Waals surface area contributed by atoms with Crippen LogP contribution in [0.1, 0.15) is 24.1 Å². The molecular formula is C13H14BrNS. The Labute approximate surface area is 108 Å². The topological polar surface area (TPSA) is 12.0 Å². The molecule has 1 heterocycles. The van der Waals surface area contributed by atoms with Gasteiger partial charge < -0.3 is 5.32 Å². The molecule has 0 spiro atoms. The van der Waals surface area contributed by atoms with Crippen molar-refractivity contribution in [3.8, 4) is 0 Å². The minimum absolute atomic E-state index is 0.772. The van der Waals surface area contributed by atoms with Crippen molar-refractivity contribution in [3.63, 3.8) is 0 Å². The maximum absolute atomic E-state index is 3.61. The molecule has 0 bridgehead atoms. The third-order valence-corrected chi connectivity index (χ3v) is 5.02. The number of thiophene rings is 1. The smallest absolute Gasteiger partial charge is 0.0357 e. The van der Waals surface area contributed by atoms with Crippen LogP contribution in [0.25, 0.3) is 10.1 Å². The van der Waals surface area contributed by atoms with Crippen molar-refractivity contribution in [2.45, 2.75) is 31.8 Å². The Balaban J connectivity index is 1.79. The quantitative estimate of drug-likeness (QED) is 0.890. The zero-order chi connectivity index (χ0) is 11.0. The fraction of sp³-hybridized carbons (Fsp3) is 0.385. The van der Waals surface area contributed by atoms with Gasteiger partial charge in [-0.05, 0) is 31.0 Å².